The van der Waals surface area contributed by atoms with Crippen LogP contribution >= 0.6 is 0 Å². The molecule has 0 bridgehead atoms. The summed E-state index contributed by atoms with van der Waals surface area (Å²) in [6, 6.07) is 9.30. The molecule has 0 heterocycles. The Balaban J connectivity index is 0.000000461. The number of aromatic hydroxyl groups is 1. The summed E-state index contributed by atoms with van der Waals surface area (Å²) >= 11 is 0. The van der Waals surface area contributed by atoms with E-state index in [1.54, 1.807) is 24.3 Å². The fourth-order valence-electron chi connectivity index (χ4n) is 1.20. The third-order valence-electron chi connectivity index (χ3n) is 1.79. The summed E-state index contributed by atoms with van der Waals surface area (Å²) in [5.74, 6) is -0.0534. The molecule has 0 aliphatic carbocycles. The van der Waals surface area contributed by atoms with Crippen LogP contribution in [0.1, 0.15) is 0 Å². The van der Waals surface area contributed by atoms with Crippen molar-refractivity contribution in [1.29, 1.82) is 0 Å². The van der Waals surface area contributed by atoms with E-state index in [0.717, 1.165) is 17.9 Å². The van der Waals surface area contributed by atoms with Crippen molar-refractivity contribution in [2.24, 2.45) is 0 Å². The maximum Gasteiger partial charge on any atom is 0.123 e. The second kappa shape index (κ2) is 4.58. The minimum atomic E-state index is -0.256. The smallest absolute Gasteiger partial charge is 0.123 e. The quantitative estimate of drug-likeness (QED) is 0.675. The summed E-state index contributed by atoms with van der Waals surface area (Å²) in [5, 5.41) is 17.7. The first-order valence-electron chi connectivity index (χ1n) is 4.09. The number of aliphatic hydroxyl groups excluding tert-OH is 1. The number of aliphatic hydroxyl groups is 1. The second-order valence-electron chi connectivity index (χ2n) is 2.68. The lowest BCUT2D eigenvalue weighted by Gasteiger charge is -1.97. The molecule has 0 saturated heterocycles. The second-order valence-corrected chi connectivity index (χ2v) is 2.68. The molecule has 14 heavy (non-hydrogen) atoms. The fraction of sp³-hybridized carbons (Fsp3) is 0.0909. The molecular formula is C11H11FO2. The number of benzene rings is 2. The number of hydrogen-bond acceptors (Lipinski definition) is 2. The van der Waals surface area contributed by atoms with Crippen LogP contribution in [0.15, 0.2) is 36.4 Å². The van der Waals surface area contributed by atoms with Gasteiger partial charge in [0.25, 0.3) is 0 Å². The van der Waals surface area contributed by atoms with Crippen LogP contribution in [0.3, 0.4) is 0 Å². The van der Waals surface area contributed by atoms with E-state index < -0.39 is 0 Å². The lowest BCUT2D eigenvalue weighted by atomic mass is 10.1. The van der Waals surface area contributed by atoms with Crippen molar-refractivity contribution >= 4 is 10.8 Å². The van der Waals surface area contributed by atoms with E-state index in [9.17, 15) is 4.39 Å². The highest BCUT2D eigenvalue weighted by atomic mass is 19.1. The largest absolute Gasteiger partial charge is 0.508 e. The highest BCUT2D eigenvalue weighted by Crippen LogP contribution is 2.20. The van der Waals surface area contributed by atoms with Crippen LogP contribution in [0.4, 0.5) is 4.39 Å². The Hall–Kier alpha value is -1.61. The summed E-state index contributed by atoms with van der Waals surface area (Å²) in [6.45, 7) is 0. The zero-order valence-electron chi connectivity index (χ0n) is 7.74. The molecule has 0 atom stereocenters. The Kier molecular flexibility index (Phi) is 3.42. The van der Waals surface area contributed by atoms with E-state index in [0.29, 0.717) is 0 Å². The normalized spacial score (nSPS) is 9.36. The van der Waals surface area contributed by atoms with E-state index in [-0.39, 0.29) is 11.6 Å². The molecule has 0 saturated carbocycles. The van der Waals surface area contributed by atoms with Gasteiger partial charge in [0.2, 0.25) is 0 Å². The zero-order valence-corrected chi connectivity index (χ0v) is 7.74. The number of rotatable bonds is 0. The van der Waals surface area contributed by atoms with Gasteiger partial charge in [-0.05, 0) is 35.0 Å². The topological polar surface area (TPSA) is 40.5 Å². The molecule has 0 aliphatic heterocycles. The molecule has 2 aromatic carbocycles. The maximum atomic E-state index is 12.7. The van der Waals surface area contributed by atoms with Crippen molar-refractivity contribution in [2.45, 2.75) is 0 Å². The average molecular weight is 194 g/mol. The van der Waals surface area contributed by atoms with E-state index in [1.807, 2.05) is 0 Å². The molecule has 0 amide bonds. The number of hydrogen-bond donors (Lipinski definition) is 2. The van der Waals surface area contributed by atoms with Gasteiger partial charge in [-0.25, -0.2) is 4.39 Å². The molecular weight excluding hydrogens is 183 g/mol. The highest BCUT2D eigenvalue weighted by molar-refractivity contribution is 5.83. The predicted octanol–water partition coefficient (Wildman–Crippen LogP) is 2.29. The molecule has 0 fully saturated rings. The van der Waals surface area contributed by atoms with Gasteiger partial charge in [0.15, 0.2) is 0 Å². The lowest BCUT2D eigenvalue weighted by Crippen LogP contribution is -1.75. The Morgan fingerprint density at radius 1 is 0.929 bits per heavy atom. The fourth-order valence-corrected chi connectivity index (χ4v) is 1.20. The SMILES string of the molecule is CO.Oc1ccc2cc(F)ccc2c1. The molecule has 0 radical (unpaired) electrons. The summed E-state index contributed by atoms with van der Waals surface area (Å²) in [4.78, 5) is 0. The summed E-state index contributed by atoms with van der Waals surface area (Å²) in [5.41, 5.74) is 0. The molecule has 74 valence electrons. The molecule has 3 heteroatoms. The minimum Gasteiger partial charge on any atom is -0.508 e. The third-order valence-corrected chi connectivity index (χ3v) is 1.79. The monoisotopic (exact) mass is 194 g/mol. The van der Waals surface area contributed by atoms with Crippen molar-refractivity contribution < 1.29 is 14.6 Å². The van der Waals surface area contributed by atoms with Gasteiger partial charge >= 0.3 is 0 Å². The summed E-state index contributed by atoms with van der Waals surface area (Å²) < 4.78 is 12.7. The van der Waals surface area contributed by atoms with Crippen molar-refractivity contribution in [2.75, 3.05) is 7.11 Å². The average Bonchev–Trinajstić information content (AvgIpc) is 2.21. The number of fused-ring (bicyclic) bond motifs is 1. The maximum absolute atomic E-state index is 12.7. The van der Waals surface area contributed by atoms with Crippen LogP contribution in [0.5, 0.6) is 5.75 Å². The van der Waals surface area contributed by atoms with Crippen molar-refractivity contribution in [3.63, 3.8) is 0 Å². The van der Waals surface area contributed by atoms with Gasteiger partial charge in [0, 0.05) is 7.11 Å². The van der Waals surface area contributed by atoms with Crippen LogP contribution in [-0.4, -0.2) is 17.3 Å². The van der Waals surface area contributed by atoms with Gasteiger partial charge in [-0.2, -0.15) is 0 Å². The van der Waals surface area contributed by atoms with Gasteiger partial charge in [-0.3, -0.25) is 0 Å². The van der Waals surface area contributed by atoms with Crippen LogP contribution in [0.2, 0.25) is 0 Å². The highest BCUT2D eigenvalue weighted by Gasteiger charge is 1.95. The Morgan fingerprint density at radius 2 is 1.50 bits per heavy atom. The molecule has 0 spiro atoms. The first-order chi connectivity index (χ1) is 6.75. The Morgan fingerprint density at radius 3 is 2.21 bits per heavy atom. The van der Waals surface area contributed by atoms with Crippen molar-refractivity contribution in [3.8, 4) is 5.75 Å². The molecule has 0 unspecified atom stereocenters. The summed E-state index contributed by atoms with van der Waals surface area (Å²) in [7, 11) is 1.00. The van der Waals surface area contributed by atoms with Gasteiger partial charge in [0.1, 0.15) is 11.6 Å². The lowest BCUT2D eigenvalue weighted by molar-refractivity contribution is 0.399. The van der Waals surface area contributed by atoms with E-state index in [1.165, 1.54) is 12.1 Å². The van der Waals surface area contributed by atoms with Crippen molar-refractivity contribution in [1.82, 2.24) is 0 Å². The Labute approximate surface area is 81.2 Å². The van der Waals surface area contributed by atoms with Crippen molar-refractivity contribution in [3.05, 3.63) is 42.2 Å². The molecule has 0 aromatic heterocycles. The number of phenolic OH excluding ortho intramolecular Hbond substituents is 1. The molecule has 2 nitrogen and oxygen atoms in total. The molecule has 2 aromatic rings. The first kappa shape index (κ1) is 10.5. The Bertz CT molecular complexity index is 385. The first-order valence-corrected chi connectivity index (χ1v) is 4.09. The van der Waals surface area contributed by atoms with Gasteiger partial charge in [0.05, 0.1) is 0 Å². The van der Waals surface area contributed by atoms with Crippen LogP contribution in [0, 0.1) is 5.82 Å². The van der Waals surface area contributed by atoms with E-state index in [2.05, 4.69) is 0 Å². The molecule has 0 aliphatic rings. The van der Waals surface area contributed by atoms with Gasteiger partial charge < -0.3 is 10.2 Å². The molecule has 2 rings (SSSR count). The number of halogens is 1. The van der Waals surface area contributed by atoms with Crippen LogP contribution < -0.4 is 0 Å². The minimum absolute atomic E-state index is 0.203. The predicted molar refractivity (Wildman–Crippen MR) is 53.7 cm³/mol. The van der Waals surface area contributed by atoms with Gasteiger partial charge in [-0.1, -0.05) is 12.1 Å². The number of phenols is 1. The summed E-state index contributed by atoms with van der Waals surface area (Å²) in [6.07, 6.45) is 0. The third kappa shape index (κ3) is 2.20. The van der Waals surface area contributed by atoms with E-state index in [4.69, 9.17) is 10.2 Å². The van der Waals surface area contributed by atoms with E-state index >= 15 is 0 Å². The standard InChI is InChI=1S/C10H7FO.CH4O/c11-9-3-1-8-6-10(12)4-2-7(8)5-9;1-2/h1-6,12H;2H,1H3. The van der Waals surface area contributed by atoms with Crippen LogP contribution in [0.25, 0.3) is 10.8 Å². The van der Waals surface area contributed by atoms with Crippen LogP contribution in [-0.2, 0) is 0 Å². The van der Waals surface area contributed by atoms with Gasteiger partial charge in [-0.15, -0.1) is 0 Å². The molecule has 2 N–H and O–H groups in total. The zero-order chi connectivity index (χ0) is 10.6.